The van der Waals surface area contributed by atoms with Gasteiger partial charge in [-0.2, -0.15) is 0 Å². The molecule has 0 aromatic heterocycles. The quantitative estimate of drug-likeness (QED) is 0.772. The summed E-state index contributed by atoms with van der Waals surface area (Å²) in [6.07, 6.45) is 7.60. The summed E-state index contributed by atoms with van der Waals surface area (Å²) in [5.41, 5.74) is 2.74. The highest BCUT2D eigenvalue weighted by molar-refractivity contribution is 5.75. The van der Waals surface area contributed by atoms with Gasteiger partial charge >= 0.3 is 0 Å². The van der Waals surface area contributed by atoms with E-state index in [2.05, 4.69) is 60.8 Å². The zero-order valence-corrected chi connectivity index (χ0v) is 9.33. The molecule has 0 spiro atoms. The molecule has 0 heterocycles. The SMILES string of the molecule is CNC1(C)CC=CC=C1c1ccccc1. The molecular weight excluding hydrogens is 182 g/mol. The molecule has 1 atom stereocenters. The van der Waals surface area contributed by atoms with Crippen LogP contribution in [0.5, 0.6) is 0 Å². The summed E-state index contributed by atoms with van der Waals surface area (Å²) in [7, 11) is 2.02. The van der Waals surface area contributed by atoms with Gasteiger partial charge in [-0.3, -0.25) is 0 Å². The minimum Gasteiger partial charge on any atom is -0.310 e. The third-order valence-corrected chi connectivity index (χ3v) is 3.16. The smallest absolute Gasteiger partial charge is 0.0444 e. The van der Waals surface area contributed by atoms with Crippen molar-refractivity contribution < 1.29 is 0 Å². The molecule has 0 amide bonds. The maximum absolute atomic E-state index is 3.41. The molecule has 0 aliphatic heterocycles. The van der Waals surface area contributed by atoms with Gasteiger partial charge in [0.05, 0.1) is 0 Å². The Morgan fingerprint density at radius 2 is 1.93 bits per heavy atom. The Bertz CT molecular complexity index is 389. The monoisotopic (exact) mass is 199 g/mol. The van der Waals surface area contributed by atoms with Crippen LogP contribution in [-0.4, -0.2) is 12.6 Å². The molecular formula is C14H17N. The van der Waals surface area contributed by atoms with Crippen molar-refractivity contribution in [2.45, 2.75) is 18.9 Å². The number of rotatable bonds is 2. The number of nitrogens with one attached hydrogen (secondary N) is 1. The van der Waals surface area contributed by atoms with E-state index in [1.807, 2.05) is 7.05 Å². The Kier molecular flexibility index (Phi) is 2.74. The molecule has 1 N–H and O–H groups in total. The molecule has 1 nitrogen and oxygen atoms in total. The molecule has 0 saturated carbocycles. The van der Waals surface area contributed by atoms with E-state index in [0.717, 1.165) is 6.42 Å². The fourth-order valence-electron chi connectivity index (χ4n) is 2.03. The second kappa shape index (κ2) is 4.03. The predicted molar refractivity (Wildman–Crippen MR) is 65.6 cm³/mol. The number of benzene rings is 1. The Morgan fingerprint density at radius 3 is 2.60 bits per heavy atom. The van der Waals surface area contributed by atoms with E-state index in [0.29, 0.717) is 0 Å². The molecule has 1 aliphatic rings. The van der Waals surface area contributed by atoms with Crippen LogP contribution in [0.4, 0.5) is 0 Å². The summed E-state index contributed by atoms with van der Waals surface area (Å²) in [5, 5.41) is 3.41. The van der Waals surface area contributed by atoms with Gasteiger partial charge in [0, 0.05) is 5.54 Å². The topological polar surface area (TPSA) is 12.0 Å². The van der Waals surface area contributed by atoms with E-state index in [4.69, 9.17) is 0 Å². The summed E-state index contributed by atoms with van der Waals surface area (Å²) in [4.78, 5) is 0. The van der Waals surface area contributed by atoms with Gasteiger partial charge in [-0.05, 0) is 31.5 Å². The molecule has 1 aromatic rings. The summed E-state index contributed by atoms with van der Waals surface area (Å²) >= 11 is 0. The van der Waals surface area contributed by atoms with Crippen molar-refractivity contribution in [1.29, 1.82) is 0 Å². The Balaban J connectivity index is 2.42. The molecule has 0 radical (unpaired) electrons. The second-order valence-electron chi connectivity index (χ2n) is 4.16. The molecule has 1 unspecified atom stereocenters. The van der Waals surface area contributed by atoms with Crippen molar-refractivity contribution in [3.05, 3.63) is 54.1 Å². The fraction of sp³-hybridized carbons (Fsp3) is 0.286. The second-order valence-corrected chi connectivity index (χ2v) is 4.16. The zero-order chi connectivity index (χ0) is 10.7. The number of hydrogen-bond acceptors (Lipinski definition) is 1. The third kappa shape index (κ3) is 1.88. The molecule has 1 aromatic carbocycles. The van der Waals surface area contributed by atoms with Gasteiger partial charge in [0.1, 0.15) is 0 Å². The maximum atomic E-state index is 3.41. The van der Waals surface area contributed by atoms with Crippen LogP contribution in [0.2, 0.25) is 0 Å². The standard InChI is InChI=1S/C14H17N/c1-14(15-2)11-7-6-10-13(14)12-8-4-3-5-9-12/h3-10,15H,11H2,1-2H3. The minimum atomic E-state index is 0.0656. The lowest BCUT2D eigenvalue weighted by Crippen LogP contribution is -2.41. The van der Waals surface area contributed by atoms with Crippen molar-refractivity contribution in [3.8, 4) is 0 Å². The molecule has 1 aliphatic carbocycles. The molecule has 78 valence electrons. The van der Waals surface area contributed by atoms with Crippen molar-refractivity contribution in [3.63, 3.8) is 0 Å². The van der Waals surface area contributed by atoms with Crippen LogP contribution in [0.1, 0.15) is 18.9 Å². The first kappa shape index (κ1) is 10.2. The first-order chi connectivity index (χ1) is 7.26. The summed E-state index contributed by atoms with van der Waals surface area (Å²) < 4.78 is 0. The molecule has 2 rings (SSSR count). The Labute approximate surface area is 91.5 Å². The van der Waals surface area contributed by atoms with Gasteiger partial charge in [-0.25, -0.2) is 0 Å². The van der Waals surface area contributed by atoms with Crippen molar-refractivity contribution in [1.82, 2.24) is 5.32 Å². The highest BCUT2D eigenvalue weighted by Crippen LogP contribution is 2.32. The van der Waals surface area contributed by atoms with Crippen molar-refractivity contribution in [2.75, 3.05) is 7.05 Å². The Hall–Kier alpha value is -1.34. The van der Waals surface area contributed by atoms with E-state index >= 15 is 0 Å². The van der Waals surface area contributed by atoms with Crippen LogP contribution in [0.3, 0.4) is 0 Å². The molecule has 0 bridgehead atoms. The maximum Gasteiger partial charge on any atom is 0.0444 e. The zero-order valence-electron chi connectivity index (χ0n) is 9.33. The van der Waals surface area contributed by atoms with Crippen LogP contribution in [-0.2, 0) is 0 Å². The fourth-order valence-corrected chi connectivity index (χ4v) is 2.03. The number of hydrogen-bond donors (Lipinski definition) is 1. The number of likely N-dealkylation sites (N-methyl/N-ethyl adjacent to an activating group) is 1. The van der Waals surface area contributed by atoms with Crippen molar-refractivity contribution >= 4 is 5.57 Å². The van der Waals surface area contributed by atoms with Crippen LogP contribution in [0.15, 0.2) is 48.6 Å². The van der Waals surface area contributed by atoms with Crippen molar-refractivity contribution in [2.24, 2.45) is 0 Å². The molecule has 0 saturated heterocycles. The van der Waals surface area contributed by atoms with E-state index in [9.17, 15) is 0 Å². The van der Waals surface area contributed by atoms with Crippen LogP contribution < -0.4 is 5.32 Å². The molecule has 1 heteroatoms. The van der Waals surface area contributed by atoms with Gasteiger partial charge in [-0.15, -0.1) is 0 Å². The van der Waals surface area contributed by atoms with E-state index in [-0.39, 0.29) is 5.54 Å². The third-order valence-electron chi connectivity index (χ3n) is 3.16. The minimum absolute atomic E-state index is 0.0656. The number of allylic oxidation sites excluding steroid dienone is 2. The van der Waals surface area contributed by atoms with Crippen LogP contribution in [0, 0.1) is 0 Å². The van der Waals surface area contributed by atoms with Gasteiger partial charge in [-0.1, -0.05) is 48.6 Å². The lowest BCUT2D eigenvalue weighted by Gasteiger charge is -2.33. The van der Waals surface area contributed by atoms with Gasteiger partial charge < -0.3 is 5.32 Å². The average Bonchev–Trinajstić information content (AvgIpc) is 2.31. The first-order valence-corrected chi connectivity index (χ1v) is 5.38. The van der Waals surface area contributed by atoms with E-state index in [1.54, 1.807) is 0 Å². The Morgan fingerprint density at radius 1 is 1.20 bits per heavy atom. The van der Waals surface area contributed by atoms with Gasteiger partial charge in [0.25, 0.3) is 0 Å². The summed E-state index contributed by atoms with van der Waals surface area (Å²) in [6.45, 7) is 2.25. The lowest BCUT2D eigenvalue weighted by atomic mass is 9.81. The molecule has 15 heavy (non-hydrogen) atoms. The molecule has 0 fully saturated rings. The predicted octanol–water partition coefficient (Wildman–Crippen LogP) is 3.01. The lowest BCUT2D eigenvalue weighted by molar-refractivity contribution is 0.498. The van der Waals surface area contributed by atoms with E-state index < -0.39 is 0 Å². The average molecular weight is 199 g/mol. The normalized spacial score (nSPS) is 25.1. The largest absolute Gasteiger partial charge is 0.310 e. The van der Waals surface area contributed by atoms with Gasteiger partial charge in [0.15, 0.2) is 0 Å². The highest BCUT2D eigenvalue weighted by Gasteiger charge is 2.27. The first-order valence-electron chi connectivity index (χ1n) is 5.38. The highest BCUT2D eigenvalue weighted by atomic mass is 14.9. The van der Waals surface area contributed by atoms with Crippen LogP contribution >= 0.6 is 0 Å². The van der Waals surface area contributed by atoms with Gasteiger partial charge in [0.2, 0.25) is 0 Å². The van der Waals surface area contributed by atoms with Crippen LogP contribution in [0.25, 0.3) is 5.57 Å². The van der Waals surface area contributed by atoms with E-state index in [1.165, 1.54) is 11.1 Å². The summed E-state index contributed by atoms with van der Waals surface area (Å²) in [5.74, 6) is 0. The summed E-state index contributed by atoms with van der Waals surface area (Å²) in [6, 6.07) is 10.6.